The highest BCUT2D eigenvalue weighted by atomic mass is 16.5. The first-order chi connectivity index (χ1) is 9.94. The van der Waals surface area contributed by atoms with Gasteiger partial charge in [-0.1, -0.05) is 26.8 Å². The van der Waals surface area contributed by atoms with Crippen molar-refractivity contribution in [3.05, 3.63) is 23.9 Å². The molecule has 0 saturated heterocycles. The second kappa shape index (κ2) is 6.32. The molecule has 0 aliphatic heterocycles. The predicted molar refractivity (Wildman–Crippen MR) is 87.1 cm³/mol. The number of anilines is 1. The molecule has 1 atom stereocenters. The van der Waals surface area contributed by atoms with Gasteiger partial charge in [-0.3, -0.25) is 0 Å². The summed E-state index contributed by atoms with van der Waals surface area (Å²) in [7, 11) is 1.83. The molecule has 1 fully saturated rings. The Kier molecular flexibility index (Phi) is 4.89. The second-order valence-corrected chi connectivity index (χ2v) is 6.90. The SMILES string of the molecule is CCNC(c1cccnc1N)C1(OC)CCC(C)(C)CC1. The van der Waals surface area contributed by atoms with Crippen molar-refractivity contribution in [1.29, 1.82) is 0 Å². The molecule has 1 aliphatic carbocycles. The highest BCUT2D eigenvalue weighted by Crippen LogP contribution is 2.47. The zero-order valence-corrected chi connectivity index (χ0v) is 13.8. The standard InChI is InChI=1S/C17H29N3O/c1-5-19-14(13-7-6-12-20-15(13)18)17(21-4)10-8-16(2,3)9-11-17/h6-7,12,14,19H,5,8-11H2,1-4H3,(H2,18,20). The number of pyridine rings is 1. The van der Waals surface area contributed by atoms with Crippen molar-refractivity contribution in [3.8, 4) is 0 Å². The van der Waals surface area contributed by atoms with Crippen LogP contribution in [-0.2, 0) is 4.74 Å². The number of rotatable bonds is 5. The Morgan fingerprint density at radius 3 is 2.52 bits per heavy atom. The molecule has 21 heavy (non-hydrogen) atoms. The van der Waals surface area contributed by atoms with E-state index in [4.69, 9.17) is 10.5 Å². The summed E-state index contributed by atoms with van der Waals surface area (Å²) in [6.45, 7) is 7.68. The molecule has 0 amide bonds. The van der Waals surface area contributed by atoms with Crippen molar-refractivity contribution >= 4 is 5.82 Å². The van der Waals surface area contributed by atoms with Crippen LogP contribution in [0.1, 0.15) is 58.1 Å². The van der Waals surface area contributed by atoms with Gasteiger partial charge >= 0.3 is 0 Å². The van der Waals surface area contributed by atoms with Gasteiger partial charge in [0.25, 0.3) is 0 Å². The average Bonchev–Trinajstić information content (AvgIpc) is 2.47. The van der Waals surface area contributed by atoms with E-state index in [1.54, 1.807) is 6.20 Å². The molecule has 2 rings (SSSR count). The van der Waals surface area contributed by atoms with Gasteiger partial charge < -0.3 is 15.8 Å². The quantitative estimate of drug-likeness (QED) is 0.874. The van der Waals surface area contributed by atoms with Gasteiger partial charge in [-0.15, -0.1) is 0 Å². The molecule has 4 heteroatoms. The maximum absolute atomic E-state index is 6.12. The number of aromatic nitrogens is 1. The van der Waals surface area contributed by atoms with Crippen LogP contribution in [0.2, 0.25) is 0 Å². The summed E-state index contributed by atoms with van der Waals surface area (Å²) in [6.07, 6.45) is 6.17. The lowest BCUT2D eigenvalue weighted by Gasteiger charge is -2.47. The van der Waals surface area contributed by atoms with Gasteiger partial charge in [-0.05, 0) is 43.7 Å². The first kappa shape index (κ1) is 16.2. The van der Waals surface area contributed by atoms with Crippen molar-refractivity contribution in [1.82, 2.24) is 10.3 Å². The molecule has 0 spiro atoms. The number of nitrogens with two attached hydrogens (primary N) is 1. The molecule has 1 aromatic heterocycles. The zero-order chi connectivity index (χ0) is 15.5. The minimum Gasteiger partial charge on any atom is -0.383 e. The van der Waals surface area contributed by atoms with Crippen LogP contribution in [0.25, 0.3) is 0 Å². The van der Waals surface area contributed by atoms with Gasteiger partial charge in [-0.2, -0.15) is 0 Å². The molecule has 0 bridgehead atoms. The van der Waals surface area contributed by atoms with E-state index in [1.807, 2.05) is 13.2 Å². The summed E-state index contributed by atoms with van der Waals surface area (Å²) >= 11 is 0. The number of hydrogen-bond acceptors (Lipinski definition) is 4. The summed E-state index contributed by atoms with van der Waals surface area (Å²) in [5, 5.41) is 3.58. The zero-order valence-electron chi connectivity index (χ0n) is 13.8. The number of likely N-dealkylation sites (N-methyl/N-ethyl adjacent to an activating group) is 1. The fourth-order valence-electron chi connectivity index (χ4n) is 3.42. The molecule has 0 radical (unpaired) electrons. The third-order valence-corrected chi connectivity index (χ3v) is 4.97. The van der Waals surface area contributed by atoms with Gasteiger partial charge in [0.2, 0.25) is 0 Å². The van der Waals surface area contributed by atoms with E-state index in [1.165, 1.54) is 12.8 Å². The van der Waals surface area contributed by atoms with Crippen molar-refractivity contribution in [2.24, 2.45) is 5.41 Å². The molecule has 1 heterocycles. The number of nitrogens with one attached hydrogen (secondary N) is 1. The molecular formula is C17H29N3O. The van der Waals surface area contributed by atoms with E-state index >= 15 is 0 Å². The Bertz CT molecular complexity index is 463. The predicted octanol–water partition coefficient (Wildman–Crippen LogP) is 3.30. The topological polar surface area (TPSA) is 60.2 Å². The minimum absolute atomic E-state index is 0.0947. The number of nitrogens with zero attached hydrogens (tertiary/aromatic N) is 1. The molecule has 1 unspecified atom stereocenters. The molecular weight excluding hydrogens is 262 g/mol. The summed E-state index contributed by atoms with van der Waals surface area (Å²) in [5.74, 6) is 0.602. The maximum Gasteiger partial charge on any atom is 0.128 e. The van der Waals surface area contributed by atoms with Crippen molar-refractivity contribution < 1.29 is 4.74 Å². The van der Waals surface area contributed by atoms with E-state index in [-0.39, 0.29) is 11.6 Å². The highest BCUT2D eigenvalue weighted by Gasteiger charge is 2.45. The third-order valence-electron chi connectivity index (χ3n) is 4.97. The van der Waals surface area contributed by atoms with Gasteiger partial charge in [0.15, 0.2) is 0 Å². The number of hydrogen-bond donors (Lipinski definition) is 2. The number of methoxy groups -OCH3 is 1. The first-order valence-corrected chi connectivity index (χ1v) is 7.93. The lowest BCUT2D eigenvalue weighted by atomic mass is 9.67. The van der Waals surface area contributed by atoms with Crippen LogP contribution < -0.4 is 11.1 Å². The smallest absolute Gasteiger partial charge is 0.128 e. The fourth-order valence-corrected chi connectivity index (χ4v) is 3.42. The Hall–Kier alpha value is -1.13. The Balaban J connectivity index is 2.34. The molecule has 0 aromatic carbocycles. The van der Waals surface area contributed by atoms with E-state index in [9.17, 15) is 0 Å². The minimum atomic E-state index is -0.192. The van der Waals surface area contributed by atoms with Crippen LogP contribution in [0.5, 0.6) is 0 Å². The lowest BCUT2D eigenvalue weighted by molar-refractivity contribution is -0.0872. The van der Waals surface area contributed by atoms with Crippen molar-refractivity contribution in [3.63, 3.8) is 0 Å². The number of ether oxygens (including phenoxy) is 1. The van der Waals surface area contributed by atoms with E-state index in [0.717, 1.165) is 24.9 Å². The van der Waals surface area contributed by atoms with Crippen molar-refractivity contribution in [2.45, 2.75) is 58.1 Å². The Morgan fingerprint density at radius 1 is 1.33 bits per heavy atom. The van der Waals surface area contributed by atoms with Crippen molar-refractivity contribution in [2.75, 3.05) is 19.4 Å². The Labute approximate surface area is 128 Å². The van der Waals surface area contributed by atoms with E-state index < -0.39 is 0 Å². The monoisotopic (exact) mass is 291 g/mol. The maximum atomic E-state index is 6.12. The fraction of sp³-hybridized carbons (Fsp3) is 0.706. The van der Waals surface area contributed by atoms with Gasteiger partial charge in [0.1, 0.15) is 5.82 Å². The van der Waals surface area contributed by atoms with Crippen LogP contribution in [0, 0.1) is 5.41 Å². The molecule has 1 saturated carbocycles. The summed E-state index contributed by atoms with van der Waals surface area (Å²) in [5.41, 5.74) is 7.39. The van der Waals surface area contributed by atoms with Gasteiger partial charge in [0.05, 0.1) is 11.6 Å². The largest absolute Gasteiger partial charge is 0.383 e. The second-order valence-electron chi connectivity index (χ2n) is 6.90. The van der Waals surface area contributed by atoms with Crippen LogP contribution >= 0.6 is 0 Å². The van der Waals surface area contributed by atoms with Gasteiger partial charge in [0, 0.05) is 18.9 Å². The van der Waals surface area contributed by atoms with Crippen LogP contribution in [0.15, 0.2) is 18.3 Å². The summed E-state index contributed by atoms with van der Waals surface area (Å²) in [4.78, 5) is 4.25. The highest BCUT2D eigenvalue weighted by molar-refractivity contribution is 5.42. The lowest BCUT2D eigenvalue weighted by Crippen LogP contribution is -2.49. The van der Waals surface area contributed by atoms with Gasteiger partial charge in [-0.25, -0.2) is 4.98 Å². The van der Waals surface area contributed by atoms with Crippen LogP contribution in [0.4, 0.5) is 5.82 Å². The molecule has 1 aliphatic rings. The molecule has 3 N–H and O–H groups in total. The average molecular weight is 291 g/mol. The molecule has 118 valence electrons. The third kappa shape index (κ3) is 3.38. The Morgan fingerprint density at radius 2 is 2.00 bits per heavy atom. The number of nitrogen functional groups attached to an aromatic ring is 1. The summed E-state index contributed by atoms with van der Waals surface area (Å²) < 4.78 is 6.05. The molecule has 4 nitrogen and oxygen atoms in total. The molecule has 1 aromatic rings. The van der Waals surface area contributed by atoms with Crippen LogP contribution in [-0.4, -0.2) is 24.2 Å². The van der Waals surface area contributed by atoms with E-state index in [2.05, 4.69) is 37.1 Å². The first-order valence-electron chi connectivity index (χ1n) is 7.93. The van der Waals surface area contributed by atoms with E-state index in [0.29, 0.717) is 11.2 Å². The normalized spacial score (nSPS) is 21.9. The summed E-state index contributed by atoms with van der Waals surface area (Å²) in [6, 6.07) is 4.11. The van der Waals surface area contributed by atoms with Crippen LogP contribution in [0.3, 0.4) is 0 Å².